The molecule has 0 saturated heterocycles. The highest BCUT2D eigenvalue weighted by atomic mass is 79.9. The van der Waals surface area contributed by atoms with Crippen molar-refractivity contribution in [1.29, 1.82) is 0 Å². The maximum absolute atomic E-state index is 12.9. The van der Waals surface area contributed by atoms with Crippen molar-refractivity contribution in [2.75, 3.05) is 6.61 Å². The lowest BCUT2D eigenvalue weighted by Crippen LogP contribution is -2.13. The average molecular weight is 325 g/mol. The Labute approximate surface area is 111 Å². The van der Waals surface area contributed by atoms with Gasteiger partial charge in [-0.2, -0.15) is 13.2 Å². The lowest BCUT2D eigenvalue weighted by Gasteiger charge is -2.17. The maximum Gasteiger partial charge on any atom is 0.416 e. The van der Waals surface area contributed by atoms with Gasteiger partial charge in [-0.1, -0.05) is 22.0 Å². The molecule has 0 aliphatic rings. The molecule has 18 heavy (non-hydrogen) atoms. The van der Waals surface area contributed by atoms with Crippen molar-refractivity contribution in [1.82, 2.24) is 0 Å². The molecule has 0 aliphatic heterocycles. The van der Waals surface area contributed by atoms with Gasteiger partial charge in [0.15, 0.2) is 0 Å². The van der Waals surface area contributed by atoms with E-state index in [0.29, 0.717) is 0 Å². The molecule has 0 N–H and O–H groups in total. The van der Waals surface area contributed by atoms with Crippen LogP contribution in [-0.4, -0.2) is 12.4 Å². The summed E-state index contributed by atoms with van der Waals surface area (Å²) in [6.07, 6.45) is -4.52. The number of carbonyl (C=O) groups is 1. The van der Waals surface area contributed by atoms with Crippen molar-refractivity contribution in [3.63, 3.8) is 0 Å². The molecular weight excluding hydrogens is 313 g/mol. The SMILES string of the molecule is CCOc1ccc(C(Br)C(C)=O)c(C(F)(F)F)c1. The Hall–Kier alpha value is -1.04. The second-order valence-corrected chi connectivity index (χ2v) is 4.57. The second kappa shape index (κ2) is 5.73. The number of alkyl halides is 4. The molecule has 0 saturated carbocycles. The van der Waals surface area contributed by atoms with E-state index in [4.69, 9.17) is 4.74 Å². The van der Waals surface area contributed by atoms with E-state index < -0.39 is 16.6 Å². The van der Waals surface area contributed by atoms with Crippen LogP contribution in [-0.2, 0) is 11.0 Å². The van der Waals surface area contributed by atoms with Gasteiger partial charge < -0.3 is 4.74 Å². The Bertz CT molecular complexity index is 443. The van der Waals surface area contributed by atoms with E-state index in [2.05, 4.69) is 15.9 Å². The Morgan fingerprint density at radius 1 is 1.44 bits per heavy atom. The highest BCUT2D eigenvalue weighted by Crippen LogP contribution is 2.39. The van der Waals surface area contributed by atoms with Crippen LogP contribution in [0, 0.1) is 0 Å². The number of hydrogen-bond acceptors (Lipinski definition) is 2. The highest BCUT2D eigenvalue weighted by Gasteiger charge is 2.36. The summed E-state index contributed by atoms with van der Waals surface area (Å²) in [5.41, 5.74) is -0.955. The monoisotopic (exact) mass is 324 g/mol. The summed E-state index contributed by atoms with van der Waals surface area (Å²) < 4.78 is 43.8. The molecule has 0 aromatic heterocycles. The van der Waals surface area contributed by atoms with Gasteiger partial charge in [-0.05, 0) is 31.5 Å². The predicted molar refractivity (Wildman–Crippen MR) is 65.0 cm³/mol. The van der Waals surface area contributed by atoms with Gasteiger partial charge in [0.1, 0.15) is 11.5 Å². The van der Waals surface area contributed by atoms with Crippen LogP contribution in [0.2, 0.25) is 0 Å². The normalized spacial score (nSPS) is 13.2. The first-order chi connectivity index (χ1) is 8.27. The molecular formula is C12H12BrF3O2. The summed E-state index contributed by atoms with van der Waals surface area (Å²) in [7, 11) is 0. The van der Waals surface area contributed by atoms with E-state index in [1.165, 1.54) is 19.1 Å². The summed E-state index contributed by atoms with van der Waals surface area (Å²) in [4.78, 5) is 10.2. The Kier molecular flexibility index (Phi) is 4.78. The third-order valence-corrected chi connectivity index (χ3v) is 3.41. The van der Waals surface area contributed by atoms with Crippen molar-refractivity contribution in [2.24, 2.45) is 0 Å². The summed E-state index contributed by atoms with van der Waals surface area (Å²) in [5, 5.41) is 0. The summed E-state index contributed by atoms with van der Waals surface area (Å²) >= 11 is 2.97. The average Bonchev–Trinajstić information content (AvgIpc) is 2.27. The van der Waals surface area contributed by atoms with Gasteiger partial charge in [0.05, 0.1) is 17.0 Å². The number of ketones is 1. The summed E-state index contributed by atoms with van der Waals surface area (Å²) in [6.45, 7) is 3.20. The van der Waals surface area contributed by atoms with E-state index in [-0.39, 0.29) is 23.7 Å². The van der Waals surface area contributed by atoms with E-state index in [1.54, 1.807) is 6.92 Å². The minimum Gasteiger partial charge on any atom is -0.494 e. The third kappa shape index (κ3) is 3.48. The van der Waals surface area contributed by atoms with Gasteiger partial charge in [-0.3, -0.25) is 4.79 Å². The Morgan fingerprint density at radius 3 is 2.50 bits per heavy atom. The van der Waals surface area contributed by atoms with E-state index >= 15 is 0 Å². The van der Waals surface area contributed by atoms with Crippen molar-refractivity contribution in [2.45, 2.75) is 24.9 Å². The van der Waals surface area contributed by atoms with Crippen molar-refractivity contribution in [3.05, 3.63) is 29.3 Å². The molecule has 1 unspecified atom stereocenters. The standard InChI is InChI=1S/C12H12BrF3O2/c1-3-18-8-4-5-9(11(13)7(2)17)10(6-8)12(14,15)16/h4-6,11H,3H2,1-2H3. The maximum atomic E-state index is 12.9. The molecule has 0 heterocycles. The van der Waals surface area contributed by atoms with Crippen molar-refractivity contribution in [3.8, 4) is 5.75 Å². The van der Waals surface area contributed by atoms with Crippen LogP contribution in [0.25, 0.3) is 0 Å². The smallest absolute Gasteiger partial charge is 0.416 e. The molecule has 0 aliphatic carbocycles. The summed E-state index contributed by atoms with van der Waals surface area (Å²) in [5.74, 6) is -0.249. The first kappa shape index (κ1) is 15.0. The number of Topliss-reactive ketones (excluding diaryl/α,β-unsaturated/α-hetero) is 1. The molecule has 0 spiro atoms. The lowest BCUT2D eigenvalue weighted by atomic mass is 10.0. The van der Waals surface area contributed by atoms with Gasteiger partial charge in [0.2, 0.25) is 0 Å². The number of rotatable bonds is 4. The molecule has 1 rings (SSSR count). The fourth-order valence-electron chi connectivity index (χ4n) is 1.48. The van der Waals surface area contributed by atoms with Gasteiger partial charge >= 0.3 is 6.18 Å². The van der Waals surface area contributed by atoms with Crippen LogP contribution in [0.1, 0.15) is 29.8 Å². The van der Waals surface area contributed by atoms with Crippen LogP contribution < -0.4 is 4.74 Å². The van der Waals surface area contributed by atoms with E-state index in [0.717, 1.165) is 6.07 Å². The third-order valence-electron chi connectivity index (χ3n) is 2.27. The van der Waals surface area contributed by atoms with Gasteiger partial charge in [0, 0.05) is 0 Å². The quantitative estimate of drug-likeness (QED) is 0.778. The van der Waals surface area contributed by atoms with Gasteiger partial charge in [0.25, 0.3) is 0 Å². The minimum atomic E-state index is -4.52. The lowest BCUT2D eigenvalue weighted by molar-refractivity contribution is -0.138. The molecule has 1 aromatic rings. The number of benzene rings is 1. The molecule has 100 valence electrons. The first-order valence-electron chi connectivity index (χ1n) is 5.25. The summed E-state index contributed by atoms with van der Waals surface area (Å²) in [6, 6.07) is 3.59. The molecule has 0 fully saturated rings. The topological polar surface area (TPSA) is 26.3 Å². The van der Waals surface area contributed by atoms with Gasteiger partial charge in [-0.25, -0.2) is 0 Å². The number of carbonyl (C=O) groups excluding carboxylic acids is 1. The zero-order valence-electron chi connectivity index (χ0n) is 9.84. The fraction of sp³-hybridized carbons (Fsp3) is 0.417. The number of hydrogen-bond donors (Lipinski definition) is 0. The van der Waals surface area contributed by atoms with E-state index in [1.807, 2.05) is 0 Å². The zero-order valence-corrected chi connectivity index (χ0v) is 11.4. The van der Waals surface area contributed by atoms with Gasteiger partial charge in [-0.15, -0.1) is 0 Å². The number of halogens is 4. The minimum absolute atomic E-state index is 0.0987. The molecule has 1 atom stereocenters. The Balaban J connectivity index is 3.30. The van der Waals surface area contributed by atoms with Crippen LogP contribution in [0.3, 0.4) is 0 Å². The first-order valence-corrected chi connectivity index (χ1v) is 6.17. The molecule has 0 radical (unpaired) electrons. The molecule has 1 aromatic carbocycles. The molecule has 6 heteroatoms. The molecule has 0 amide bonds. The van der Waals surface area contributed by atoms with Crippen LogP contribution >= 0.6 is 15.9 Å². The Morgan fingerprint density at radius 2 is 2.06 bits per heavy atom. The molecule has 2 nitrogen and oxygen atoms in total. The van der Waals surface area contributed by atoms with Crippen LogP contribution in [0.5, 0.6) is 5.75 Å². The van der Waals surface area contributed by atoms with Crippen LogP contribution in [0.4, 0.5) is 13.2 Å². The van der Waals surface area contributed by atoms with Crippen molar-refractivity contribution < 1.29 is 22.7 Å². The highest BCUT2D eigenvalue weighted by molar-refractivity contribution is 9.09. The van der Waals surface area contributed by atoms with E-state index in [9.17, 15) is 18.0 Å². The van der Waals surface area contributed by atoms with Crippen molar-refractivity contribution >= 4 is 21.7 Å². The number of ether oxygens (including phenoxy) is 1. The second-order valence-electron chi connectivity index (χ2n) is 3.65. The zero-order chi connectivity index (χ0) is 13.9. The van der Waals surface area contributed by atoms with Crippen LogP contribution in [0.15, 0.2) is 18.2 Å². The molecule has 0 bridgehead atoms. The fourth-order valence-corrected chi connectivity index (χ4v) is 1.88. The predicted octanol–water partition coefficient (Wildman–Crippen LogP) is 4.13. The largest absolute Gasteiger partial charge is 0.494 e.